The molecule has 6 heteroatoms. The fourth-order valence-corrected chi connectivity index (χ4v) is 3.53. The van der Waals surface area contributed by atoms with Gasteiger partial charge in [0.05, 0.1) is 22.9 Å². The van der Waals surface area contributed by atoms with Crippen LogP contribution in [-0.4, -0.2) is 18.0 Å². The first-order valence-corrected chi connectivity index (χ1v) is 8.20. The first-order chi connectivity index (χ1) is 11.0. The van der Waals surface area contributed by atoms with Gasteiger partial charge in [0.25, 0.3) is 5.91 Å². The summed E-state index contributed by atoms with van der Waals surface area (Å²) in [5.74, 6) is 0.179. The maximum atomic E-state index is 12.5. The number of methoxy groups -OCH3 is 1. The molecule has 118 valence electrons. The van der Waals surface area contributed by atoms with Gasteiger partial charge in [0, 0.05) is 5.02 Å². The highest BCUT2D eigenvalue weighted by Gasteiger charge is 2.15. The summed E-state index contributed by atoms with van der Waals surface area (Å²) < 4.78 is 6.29. The van der Waals surface area contributed by atoms with Gasteiger partial charge in [-0.1, -0.05) is 29.0 Å². The van der Waals surface area contributed by atoms with Gasteiger partial charge in [0.2, 0.25) is 0 Å². The SMILES string of the molecule is COc1ccc(Cl)cc1C(=O)Nc1nc2cc(C)cc(C)c2s1. The number of nitrogens with one attached hydrogen (secondary N) is 1. The van der Waals surface area contributed by atoms with Crippen LogP contribution in [0.4, 0.5) is 5.13 Å². The van der Waals surface area contributed by atoms with Crippen LogP contribution in [0.2, 0.25) is 5.02 Å². The Morgan fingerprint density at radius 3 is 2.78 bits per heavy atom. The van der Waals surface area contributed by atoms with Gasteiger partial charge in [0.1, 0.15) is 5.75 Å². The Balaban J connectivity index is 1.94. The molecule has 0 fully saturated rings. The van der Waals surface area contributed by atoms with Gasteiger partial charge >= 0.3 is 0 Å². The molecule has 0 saturated heterocycles. The summed E-state index contributed by atoms with van der Waals surface area (Å²) in [6, 6.07) is 9.04. The maximum Gasteiger partial charge on any atom is 0.261 e. The predicted molar refractivity (Wildman–Crippen MR) is 95.1 cm³/mol. The molecule has 0 aliphatic rings. The van der Waals surface area contributed by atoms with E-state index in [1.807, 2.05) is 19.9 Å². The van der Waals surface area contributed by atoms with Gasteiger partial charge in [0.15, 0.2) is 5.13 Å². The molecule has 0 unspecified atom stereocenters. The Morgan fingerprint density at radius 2 is 2.04 bits per heavy atom. The molecular formula is C17H15ClN2O2S. The van der Waals surface area contributed by atoms with E-state index >= 15 is 0 Å². The summed E-state index contributed by atoms with van der Waals surface area (Å²) in [6.45, 7) is 4.07. The van der Waals surface area contributed by atoms with Crippen LogP contribution in [0.15, 0.2) is 30.3 Å². The van der Waals surface area contributed by atoms with E-state index in [1.165, 1.54) is 18.4 Å². The van der Waals surface area contributed by atoms with Crippen LogP contribution in [0.25, 0.3) is 10.2 Å². The summed E-state index contributed by atoms with van der Waals surface area (Å²) in [5.41, 5.74) is 3.57. The van der Waals surface area contributed by atoms with E-state index in [9.17, 15) is 4.79 Å². The highest BCUT2D eigenvalue weighted by molar-refractivity contribution is 7.22. The van der Waals surface area contributed by atoms with Crippen molar-refractivity contribution in [2.75, 3.05) is 12.4 Å². The third-order valence-corrected chi connectivity index (χ3v) is 4.80. The first-order valence-electron chi connectivity index (χ1n) is 7.00. The van der Waals surface area contributed by atoms with Crippen molar-refractivity contribution < 1.29 is 9.53 Å². The lowest BCUT2D eigenvalue weighted by Gasteiger charge is -2.08. The molecule has 1 N–H and O–H groups in total. The number of ether oxygens (including phenoxy) is 1. The molecule has 23 heavy (non-hydrogen) atoms. The highest BCUT2D eigenvalue weighted by Crippen LogP contribution is 2.31. The number of carbonyl (C=O) groups excluding carboxylic acids is 1. The minimum Gasteiger partial charge on any atom is -0.496 e. The molecule has 3 rings (SSSR count). The van der Waals surface area contributed by atoms with Gasteiger partial charge in [-0.3, -0.25) is 10.1 Å². The Bertz CT molecular complexity index is 905. The second-order valence-corrected chi connectivity index (χ2v) is 6.68. The van der Waals surface area contributed by atoms with Crippen LogP contribution in [-0.2, 0) is 0 Å². The van der Waals surface area contributed by atoms with E-state index in [1.54, 1.807) is 18.2 Å². The molecular weight excluding hydrogens is 332 g/mol. The number of amides is 1. The summed E-state index contributed by atoms with van der Waals surface area (Å²) >= 11 is 7.43. The average molecular weight is 347 g/mol. The molecule has 0 saturated carbocycles. The number of hydrogen-bond acceptors (Lipinski definition) is 4. The minimum absolute atomic E-state index is 0.294. The number of halogens is 1. The lowest BCUT2D eigenvalue weighted by molar-refractivity contribution is 0.102. The fourth-order valence-electron chi connectivity index (χ4n) is 2.45. The Morgan fingerprint density at radius 1 is 1.26 bits per heavy atom. The molecule has 0 aliphatic carbocycles. The monoisotopic (exact) mass is 346 g/mol. The van der Waals surface area contributed by atoms with Crippen LogP contribution < -0.4 is 10.1 Å². The van der Waals surface area contributed by atoms with Crippen LogP contribution >= 0.6 is 22.9 Å². The maximum absolute atomic E-state index is 12.5. The van der Waals surface area contributed by atoms with Gasteiger partial charge in [-0.15, -0.1) is 0 Å². The molecule has 1 heterocycles. The zero-order chi connectivity index (χ0) is 16.6. The third kappa shape index (κ3) is 3.16. The summed E-state index contributed by atoms with van der Waals surface area (Å²) in [5, 5.41) is 3.86. The number of carbonyl (C=O) groups is 1. The molecule has 0 radical (unpaired) electrons. The van der Waals surface area contributed by atoms with Crippen molar-refractivity contribution in [1.29, 1.82) is 0 Å². The van der Waals surface area contributed by atoms with Crippen LogP contribution in [0.1, 0.15) is 21.5 Å². The number of benzene rings is 2. The summed E-state index contributed by atoms with van der Waals surface area (Å²) in [4.78, 5) is 17.0. The number of thiazole rings is 1. The van der Waals surface area contributed by atoms with E-state index in [0.717, 1.165) is 21.3 Å². The van der Waals surface area contributed by atoms with Crippen molar-refractivity contribution in [3.05, 3.63) is 52.0 Å². The van der Waals surface area contributed by atoms with E-state index in [-0.39, 0.29) is 5.91 Å². The normalized spacial score (nSPS) is 10.8. The minimum atomic E-state index is -0.294. The molecule has 3 aromatic rings. The van der Waals surface area contributed by atoms with Crippen molar-refractivity contribution in [2.24, 2.45) is 0 Å². The average Bonchev–Trinajstić information content (AvgIpc) is 2.89. The second-order valence-electron chi connectivity index (χ2n) is 5.25. The summed E-state index contributed by atoms with van der Waals surface area (Å²) in [6.07, 6.45) is 0. The standard InChI is InChI=1S/C17H15ClN2O2S/c1-9-6-10(2)15-13(7-9)19-17(23-15)20-16(21)12-8-11(18)4-5-14(12)22-3/h4-8H,1-3H3,(H,19,20,21). The second kappa shape index (κ2) is 6.18. The fraction of sp³-hybridized carbons (Fsp3) is 0.176. The predicted octanol–water partition coefficient (Wildman–Crippen LogP) is 4.83. The number of aromatic nitrogens is 1. The van der Waals surface area contributed by atoms with Gasteiger partial charge in [-0.05, 0) is 49.2 Å². The Hall–Kier alpha value is -2.11. The number of anilines is 1. The number of fused-ring (bicyclic) bond motifs is 1. The molecule has 2 aromatic carbocycles. The first kappa shape index (κ1) is 15.8. The van der Waals surface area contributed by atoms with E-state index in [2.05, 4.69) is 16.4 Å². The Kier molecular flexibility index (Phi) is 4.24. The topological polar surface area (TPSA) is 51.2 Å². The van der Waals surface area contributed by atoms with Crippen molar-refractivity contribution >= 4 is 44.2 Å². The smallest absolute Gasteiger partial charge is 0.261 e. The van der Waals surface area contributed by atoms with Gasteiger partial charge in [-0.2, -0.15) is 0 Å². The van der Waals surface area contributed by atoms with Crippen molar-refractivity contribution in [3.63, 3.8) is 0 Å². The largest absolute Gasteiger partial charge is 0.496 e. The summed E-state index contributed by atoms with van der Waals surface area (Å²) in [7, 11) is 1.52. The number of rotatable bonds is 3. The molecule has 4 nitrogen and oxygen atoms in total. The third-order valence-electron chi connectivity index (χ3n) is 3.45. The molecule has 0 bridgehead atoms. The van der Waals surface area contributed by atoms with E-state index in [4.69, 9.17) is 16.3 Å². The molecule has 1 aromatic heterocycles. The van der Waals surface area contributed by atoms with Crippen molar-refractivity contribution in [1.82, 2.24) is 4.98 Å². The Labute approximate surface area is 143 Å². The van der Waals surface area contributed by atoms with Crippen molar-refractivity contribution in [3.8, 4) is 5.75 Å². The van der Waals surface area contributed by atoms with Crippen LogP contribution in [0.3, 0.4) is 0 Å². The van der Waals surface area contributed by atoms with Crippen LogP contribution in [0.5, 0.6) is 5.75 Å². The molecule has 0 aliphatic heterocycles. The van der Waals surface area contributed by atoms with Crippen molar-refractivity contribution in [2.45, 2.75) is 13.8 Å². The van der Waals surface area contributed by atoms with Gasteiger partial charge < -0.3 is 4.74 Å². The lowest BCUT2D eigenvalue weighted by Crippen LogP contribution is -2.13. The van der Waals surface area contributed by atoms with Crippen LogP contribution in [0, 0.1) is 13.8 Å². The number of hydrogen-bond donors (Lipinski definition) is 1. The lowest BCUT2D eigenvalue weighted by atomic mass is 10.1. The highest BCUT2D eigenvalue weighted by atomic mass is 35.5. The van der Waals surface area contributed by atoms with E-state index in [0.29, 0.717) is 21.5 Å². The number of nitrogens with zero attached hydrogens (tertiary/aromatic N) is 1. The van der Waals surface area contributed by atoms with E-state index < -0.39 is 0 Å². The van der Waals surface area contributed by atoms with Gasteiger partial charge in [-0.25, -0.2) is 4.98 Å². The zero-order valence-corrected chi connectivity index (χ0v) is 14.5. The molecule has 0 atom stereocenters. The zero-order valence-electron chi connectivity index (χ0n) is 12.9. The quantitative estimate of drug-likeness (QED) is 0.739. The molecule has 1 amide bonds. The number of aryl methyl sites for hydroxylation is 2. The molecule has 0 spiro atoms.